The Morgan fingerprint density at radius 1 is 0.851 bits per heavy atom. The third-order valence-electron chi connectivity index (χ3n) is 11.9. The molecule has 1 aliphatic heterocycles. The number of thiazole rings is 1. The van der Waals surface area contributed by atoms with Crippen molar-refractivity contribution in [2.24, 2.45) is 5.41 Å². The van der Waals surface area contributed by atoms with Crippen LogP contribution in [-0.4, -0.2) is 85.3 Å². The number of hydrogen-bond acceptors (Lipinski definition) is 12. The molecule has 1 fully saturated rings. The van der Waals surface area contributed by atoms with Gasteiger partial charge in [0.15, 0.2) is 11.6 Å². The molecule has 2 aromatic heterocycles. The number of aromatic hydroxyl groups is 1. The van der Waals surface area contributed by atoms with E-state index in [1.54, 1.807) is 41.7 Å². The topological polar surface area (TPSA) is 222 Å². The summed E-state index contributed by atoms with van der Waals surface area (Å²) in [4.78, 5) is 59.9. The van der Waals surface area contributed by atoms with Crippen molar-refractivity contribution in [2.75, 3.05) is 18.9 Å². The lowest BCUT2D eigenvalue weighted by atomic mass is 9.85. The minimum atomic E-state index is -0.871. The average molecular weight is 933 g/mol. The standard InChI is InChI=1S/C51H64N8O7S/c1-33-46(67-32-55-33)37-23-21-36(22-24-37)30-54-49(64)41-27-38(60)31-59(41)50(65)47(51(2,3)4)56-45(63)16-10-8-6-5-7-9-15-44(62)53-29-35-19-17-34(18-20-35)25-26-66-43-28-40(57-58-48(43)52)39-13-11-12-14-42(39)61/h11-14,17-24,28,32,38,41,47,60-61H,5-10,15-16,25-27,29-31H2,1-4H3,(H2,52,58)(H,53,62)(H,54,64)(H,56,63)/t38-,41+,47-/m1/s1. The maximum atomic E-state index is 14.0. The number of phenols is 1. The van der Waals surface area contributed by atoms with Crippen LogP contribution in [0.25, 0.3) is 21.7 Å². The number of nitrogens with zero attached hydrogens (tertiary/aromatic N) is 4. The van der Waals surface area contributed by atoms with Crippen LogP contribution in [0.2, 0.25) is 0 Å². The first kappa shape index (κ1) is 50.0. The molecule has 0 bridgehead atoms. The van der Waals surface area contributed by atoms with Gasteiger partial charge < -0.3 is 41.5 Å². The van der Waals surface area contributed by atoms with Crippen LogP contribution < -0.4 is 26.4 Å². The molecule has 5 aromatic rings. The fourth-order valence-electron chi connectivity index (χ4n) is 8.00. The van der Waals surface area contributed by atoms with E-state index in [0.717, 1.165) is 64.9 Å². The summed E-state index contributed by atoms with van der Waals surface area (Å²) in [5.41, 5.74) is 13.2. The molecular weight excluding hydrogens is 869 g/mol. The van der Waals surface area contributed by atoms with Crippen molar-refractivity contribution in [1.29, 1.82) is 0 Å². The van der Waals surface area contributed by atoms with E-state index < -0.39 is 23.6 Å². The molecule has 0 radical (unpaired) electrons. The lowest BCUT2D eigenvalue weighted by Gasteiger charge is -2.35. The molecule has 356 valence electrons. The quantitative estimate of drug-likeness (QED) is 0.0387. The van der Waals surface area contributed by atoms with Crippen molar-refractivity contribution in [3.63, 3.8) is 0 Å². The Hall–Kier alpha value is -6.39. The van der Waals surface area contributed by atoms with E-state index in [9.17, 15) is 29.4 Å². The molecule has 15 nitrogen and oxygen atoms in total. The predicted octanol–water partition coefficient (Wildman–Crippen LogP) is 7.03. The molecular formula is C51H64N8O7S. The Balaban J connectivity index is 0.831. The number of anilines is 1. The van der Waals surface area contributed by atoms with Gasteiger partial charge in [0.05, 0.1) is 28.8 Å². The third kappa shape index (κ3) is 14.5. The van der Waals surface area contributed by atoms with Gasteiger partial charge in [-0.05, 0) is 59.6 Å². The number of unbranched alkanes of at least 4 members (excludes halogenated alkanes) is 5. The number of aromatic nitrogens is 3. The van der Waals surface area contributed by atoms with Gasteiger partial charge in [-0.25, -0.2) is 4.98 Å². The van der Waals surface area contributed by atoms with Gasteiger partial charge >= 0.3 is 0 Å². The zero-order valence-corrected chi connectivity index (χ0v) is 39.7. The van der Waals surface area contributed by atoms with Crippen LogP contribution in [0.3, 0.4) is 0 Å². The van der Waals surface area contributed by atoms with E-state index in [0.29, 0.717) is 49.4 Å². The first-order valence-corrected chi connectivity index (χ1v) is 24.0. The van der Waals surface area contributed by atoms with Gasteiger partial charge in [0.25, 0.3) is 0 Å². The number of carbonyl (C=O) groups excluding carboxylic acids is 4. The van der Waals surface area contributed by atoms with Crippen molar-refractivity contribution < 1.29 is 34.1 Å². The average Bonchev–Trinajstić information content (AvgIpc) is 3.93. The second kappa shape index (κ2) is 23.9. The van der Waals surface area contributed by atoms with Gasteiger partial charge in [0.2, 0.25) is 23.6 Å². The number of likely N-dealkylation sites (tertiary alicyclic amines) is 1. The predicted molar refractivity (Wildman–Crippen MR) is 260 cm³/mol. The molecule has 16 heteroatoms. The second-order valence-electron chi connectivity index (χ2n) is 18.3. The zero-order valence-electron chi connectivity index (χ0n) is 38.9. The fourth-order valence-corrected chi connectivity index (χ4v) is 8.82. The molecule has 0 aliphatic carbocycles. The molecule has 3 aromatic carbocycles. The first-order valence-electron chi connectivity index (χ1n) is 23.1. The van der Waals surface area contributed by atoms with E-state index in [1.807, 2.05) is 81.7 Å². The summed E-state index contributed by atoms with van der Waals surface area (Å²) in [6.07, 6.45) is 5.70. The molecule has 1 saturated heterocycles. The summed E-state index contributed by atoms with van der Waals surface area (Å²) >= 11 is 1.58. The molecule has 7 N–H and O–H groups in total. The third-order valence-corrected chi connectivity index (χ3v) is 12.9. The van der Waals surface area contributed by atoms with E-state index in [-0.39, 0.29) is 61.1 Å². The lowest BCUT2D eigenvalue weighted by Crippen LogP contribution is -2.57. The van der Waals surface area contributed by atoms with Crippen molar-refractivity contribution in [3.05, 3.63) is 107 Å². The van der Waals surface area contributed by atoms with Crippen LogP contribution in [0.5, 0.6) is 11.5 Å². The molecule has 0 spiro atoms. The SMILES string of the molecule is Cc1ncsc1-c1ccc(CNC(=O)[C@@H]2C[C@@H](O)CN2C(=O)[C@@H](NC(=O)CCCCCCCCC(=O)NCc2ccc(CCOc3cc(-c4ccccc4O)nnc3N)cc2)C(C)(C)C)cc1. The number of phenolic OH excluding ortho intramolecular Hbond substituents is 1. The highest BCUT2D eigenvalue weighted by Gasteiger charge is 2.44. The van der Waals surface area contributed by atoms with E-state index in [1.165, 1.54) is 4.90 Å². The van der Waals surface area contributed by atoms with Crippen molar-refractivity contribution in [2.45, 2.75) is 123 Å². The van der Waals surface area contributed by atoms with E-state index in [4.69, 9.17) is 10.5 Å². The number of nitrogens with two attached hydrogens (primary N) is 1. The number of nitrogens with one attached hydrogen (secondary N) is 3. The molecule has 6 rings (SSSR count). The molecule has 3 heterocycles. The number of aliphatic hydroxyl groups excluding tert-OH is 1. The molecule has 3 atom stereocenters. The summed E-state index contributed by atoms with van der Waals surface area (Å²) in [6, 6.07) is 22.7. The number of aliphatic hydroxyl groups is 1. The first-order chi connectivity index (χ1) is 32.2. The van der Waals surface area contributed by atoms with Crippen molar-refractivity contribution >= 4 is 40.8 Å². The number of carbonyl (C=O) groups is 4. The van der Waals surface area contributed by atoms with E-state index in [2.05, 4.69) is 31.1 Å². The Kier molecular flexibility index (Phi) is 17.8. The number of aryl methyl sites for hydroxylation is 1. The highest BCUT2D eigenvalue weighted by atomic mass is 32.1. The largest absolute Gasteiger partial charge is 0.507 e. The van der Waals surface area contributed by atoms with Crippen molar-refractivity contribution in [1.82, 2.24) is 36.0 Å². The fraction of sp³-hybridized carbons (Fsp3) is 0.431. The number of ether oxygens (including phenoxy) is 1. The summed E-state index contributed by atoms with van der Waals surface area (Å²) < 4.78 is 5.90. The van der Waals surface area contributed by atoms with Crippen LogP contribution in [0.15, 0.2) is 84.4 Å². The molecule has 4 amide bonds. The molecule has 0 saturated carbocycles. The Bertz CT molecular complexity index is 2440. The second-order valence-corrected chi connectivity index (χ2v) is 19.1. The molecule has 0 unspecified atom stereocenters. The van der Waals surface area contributed by atoms with Crippen LogP contribution >= 0.6 is 11.3 Å². The number of para-hydroxylation sites is 1. The normalized spacial score (nSPS) is 15.2. The van der Waals surface area contributed by atoms with Gasteiger partial charge in [-0.3, -0.25) is 19.2 Å². The zero-order chi connectivity index (χ0) is 47.9. The molecule has 67 heavy (non-hydrogen) atoms. The van der Waals surface area contributed by atoms with Gasteiger partial charge in [-0.15, -0.1) is 21.5 Å². The summed E-state index contributed by atoms with van der Waals surface area (Å²) in [6.45, 7) is 8.70. The summed E-state index contributed by atoms with van der Waals surface area (Å²) in [5.74, 6) is -0.288. The van der Waals surface area contributed by atoms with Crippen molar-refractivity contribution in [3.8, 4) is 33.2 Å². The van der Waals surface area contributed by atoms with Crippen LogP contribution in [-0.2, 0) is 38.7 Å². The highest BCUT2D eigenvalue weighted by Crippen LogP contribution is 2.31. The number of rotatable bonds is 22. The Morgan fingerprint density at radius 3 is 2.13 bits per heavy atom. The van der Waals surface area contributed by atoms with Gasteiger partial charge in [0.1, 0.15) is 23.5 Å². The van der Waals surface area contributed by atoms with Crippen LogP contribution in [0.4, 0.5) is 5.82 Å². The highest BCUT2D eigenvalue weighted by molar-refractivity contribution is 7.13. The van der Waals surface area contributed by atoms with E-state index >= 15 is 0 Å². The van der Waals surface area contributed by atoms with Crippen LogP contribution in [0.1, 0.15) is 101 Å². The smallest absolute Gasteiger partial charge is 0.246 e. The molecule has 1 aliphatic rings. The van der Waals surface area contributed by atoms with Gasteiger partial charge in [-0.1, -0.05) is 107 Å². The number of nitrogen functional groups attached to an aromatic ring is 1. The minimum absolute atomic E-state index is 0.00314. The number of amides is 4. The Morgan fingerprint density at radius 2 is 1.48 bits per heavy atom. The maximum absolute atomic E-state index is 14.0. The number of β-amino-alcohol motifs (C(OH)–C–C–N with tert-alkyl or cyclic N) is 1. The summed E-state index contributed by atoms with van der Waals surface area (Å²) in [7, 11) is 0. The maximum Gasteiger partial charge on any atom is 0.246 e. The van der Waals surface area contributed by atoms with Crippen LogP contribution in [0, 0.1) is 12.3 Å². The monoisotopic (exact) mass is 932 g/mol. The van der Waals surface area contributed by atoms with Gasteiger partial charge in [-0.2, -0.15) is 0 Å². The van der Waals surface area contributed by atoms with Gasteiger partial charge in [0, 0.05) is 56.9 Å². The minimum Gasteiger partial charge on any atom is -0.507 e. The number of hydrogen-bond donors (Lipinski definition) is 6. The Labute approximate surface area is 397 Å². The lowest BCUT2D eigenvalue weighted by molar-refractivity contribution is -0.144. The summed E-state index contributed by atoms with van der Waals surface area (Å²) in [5, 5.41) is 37.7. The number of benzene rings is 3.